The van der Waals surface area contributed by atoms with Crippen molar-refractivity contribution in [1.82, 2.24) is 9.80 Å². The van der Waals surface area contributed by atoms with E-state index in [0.29, 0.717) is 26.3 Å². The smallest absolute Gasteiger partial charge is 0.410 e. The van der Waals surface area contributed by atoms with Crippen molar-refractivity contribution in [3.8, 4) is 0 Å². The summed E-state index contributed by atoms with van der Waals surface area (Å²) < 4.78 is 23.2. The summed E-state index contributed by atoms with van der Waals surface area (Å²) in [6, 6.07) is -0.178. The van der Waals surface area contributed by atoms with E-state index in [-0.39, 0.29) is 46.8 Å². The largest absolute Gasteiger partial charge is 0.444 e. The summed E-state index contributed by atoms with van der Waals surface area (Å²) in [6.07, 6.45) is 4.29. The monoisotopic (exact) mass is 542 g/mol. The van der Waals surface area contributed by atoms with E-state index in [1.807, 2.05) is 41.5 Å². The van der Waals surface area contributed by atoms with Gasteiger partial charge in [0.1, 0.15) is 11.2 Å². The van der Waals surface area contributed by atoms with Crippen LogP contribution < -0.4 is 0 Å². The summed E-state index contributed by atoms with van der Waals surface area (Å²) in [7, 11) is 0. The zero-order valence-electron chi connectivity index (χ0n) is 23.6. The molecule has 9 nitrogen and oxygen atoms in total. The number of rotatable bonds is 6. The van der Waals surface area contributed by atoms with Gasteiger partial charge in [0.05, 0.1) is 12.6 Å². The Hall–Kier alpha value is -1.52. The Morgan fingerprint density at radius 3 is 2.05 bits per heavy atom. The van der Waals surface area contributed by atoms with Gasteiger partial charge in [-0.2, -0.15) is 0 Å². The second-order valence-corrected chi connectivity index (χ2v) is 14.0. The molecule has 0 saturated carbocycles. The van der Waals surface area contributed by atoms with Crippen molar-refractivity contribution in [2.75, 3.05) is 26.3 Å². The number of likely N-dealkylation sites (tertiary alicyclic amines) is 2. The molecular weight excluding hydrogens is 496 g/mol. The number of carbonyl (C=O) groups is 3. The van der Waals surface area contributed by atoms with Gasteiger partial charge in [-0.25, -0.2) is 9.59 Å². The molecule has 3 heterocycles. The molecule has 1 unspecified atom stereocenters. The number of hydrogen-bond acceptors (Lipinski definition) is 8. The first-order valence-corrected chi connectivity index (χ1v) is 14.5. The molecule has 0 aromatic rings. The molecule has 0 radical (unpaired) electrons. The van der Waals surface area contributed by atoms with E-state index in [1.165, 1.54) is 11.8 Å². The normalized spacial score (nSPS) is 28.9. The highest BCUT2D eigenvalue weighted by Gasteiger charge is 2.43. The summed E-state index contributed by atoms with van der Waals surface area (Å²) in [5.41, 5.74) is -1.19. The van der Waals surface area contributed by atoms with E-state index in [4.69, 9.17) is 18.9 Å². The number of carbonyl (C=O) groups excluding carboxylic acids is 3. The minimum absolute atomic E-state index is 0.0426. The topological polar surface area (TPSA) is 94.6 Å². The Kier molecular flexibility index (Phi) is 10.2. The van der Waals surface area contributed by atoms with Gasteiger partial charge in [-0.1, -0.05) is 11.8 Å². The van der Waals surface area contributed by atoms with Crippen molar-refractivity contribution in [3.05, 3.63) is 0 Å². The standard InChI is InChI=1S/C27H46N2O7S/c1-18(30)37-22-14-20(29(16-22)25(32)36-27(5,6)7)12-19-13-21(17-34-23-10-8-9-11-33-23)28(15-19)24(31)35-26(2,3)4/h19-23H,8-17H2,1-7H3/t19-,20-,21+,22+,23?/m1/s1. The highest BCUT2D eigenvalue weighted by molar-refractivity contribution is 8.14. The Balaban J connectivity index is 1.69. The summed E-state index contributed by atoms with van der Waals surface area (Å²) in [5.74, 6) is 0.171. The molecule has 0 aromatic heterocycles. The van der Waals surface area contributed by atoms with Crippen LogP contribution in [-0.4, -0.2) is 88.2 Å². The maximum Gasteiger partial charge on any atom is 0.410 e. The van der Waals surface area contributed by atoms with Crippen molar-refractivity contribution < 1.29 is 33.3 Å². The van der Waals surface area contributed by atoms with Gasteiger partial charge in [0, 0.05) is 37.9 Å². The van der Waals surface area contributed by atoms with Gasteiger partial charge >= 0.3 is 12.2 Å². The maximum absolute atomic E-state index is 13.1. The summed E-state index contributed by atoms with van der Waals surface area (Å²) >= 11 is 1.29. The highest BCUT2D eigenvalue weighted by atomic mass is 32.2. The van der Waals surface area contributed by atoms with Gasteiger partial charge in [-0.3, -0.25) is 4.79 Å². The molecule has 0 aromatic carbocycles. The van der Waals surface area contributed by atoms with Gasteiger partial charge < -0.3 is 28.7 Å². The molecule has 0 N–H and O–H groups in total. The Morgan fingerprint density at radius 2 is 1.51 bits per heavy atom. The molecule has 3 aliphatic heterocycles. The van der Waals surface area contributed by atoms with Gasteiger partial charge in [-0.15, -0.1) is 0 Å². The molecule has 3 aliphatic rings. The Bertz CT molecular complexity index is 804. The van der Waals surface area contributed by atoms with Gasteiger partial charge in [-0.05, 0) is 86.0 Å². The van der Waals surface area contributed by atoms with Gasteiger partial charge in [0.2, 0.25) is 0 Å². The lowest BCUT2D eigenvalue weighted by Gasteiger charge is -2.30. The minimum atomic E-state index is -0.599. The fourth-order valence-electron chi connectivity index (χ4n) is 5.29. The average molecular weight is 543 g/mol. The van der Waals surface area contributed by atoms with Crippen LogP contribution in [0.15, 0.2) is 0 Å². The highest BCUT2D eigenvalue weighted by Crippen LogP contribution is 2.36. The fourth-order valence-corrected chi connectivity index (χ4v) is 6.32. The lowest BCUT2D eigenvalue weighted by molar-refractivity contribution is -0.168. The molecule has 10 heteroatoms. The maximum atomic E-state index is 13.1. The van der Waals surface area contributed by atoms with E-state index in [9.17, 15) is 14.4 Å². The second-order valence-electron chi connectivity index (χ2n) is 12.5. The molecule has 0 bridgehead atoms. The number of ether oxygens (including phenoxy) is 4. The van der Waals surface area contributed by atoms with E-state index >= 15 is 0 Å². The Morgan fingerprint density at radius 1 is 0.892 bits per heavy atom. The van der Waals surface area contributed by atoms with Crippen molar-refractivity contribution in [3.63, 3.8) is 0 Å². The SMILES string of the molecule is CC(=O)S[C@H]1C[C@@H](C[C@@H]2C[C@@H](COC3CCCCO3)N(C(=O)OC(C)(C)C)C2)N(C(=O)OC(C)(C)C)C1. The summed E-state index contributed by atoms with van der Waals surface area (Å²) in [6.45, 7) is 14.8. The molecular formula is C27H46N2O7S. The quantitative estimate of drug-likeness (QED) is 0.452. The van der Waals surface area contributed by atoms with Crippen molar-refractivity contribution in [2.45, 2.75) is 122 Å². The van der Waals surface area contributed by atoms with Crippen LogP contribution in [0.25, 0.3) is 0 Å². The first-order chi connectivity index (χ1) is 17.2. The molecule has 0 spiro atoms. The first kappa shape index (κ1) is 30.0. The predicted molar refractivity (Wildman–Crippen MR) is 142 cm³/mol. The van der Waals surface area contributed by atoms with Gasteiger partial charge in [0.25, 0.3) is 0 Å². The minimum Gasteiger partial charge on any atom is -0.444 e. The number of thioether (sulfide) groups is 1. The second kappa shape index (κ2) is 12.6. The Labute approximate surface area is 226 Å². The molecule has 5 atom stereocenters. The van der Waals surface area contributed by atoms with Crippen molar-refractivity contribution in [2.24, 2.45) is 5.92 Å². The van der Waals surface area contributed by atoms with Crippen LogP contribution in [0.4, 0.5) is 9.59 Å². The molecule has 3 saturated heterocycles. The molecule has 2 amide bonds. The van der Waals surface area contributed by atoms with Crippen LogP contribution in [-0.2, 0) is 23.7 Å². The summed E-state index contributed by atoms with van der Waals surface area (Å²) in [5, 5.41) is 0.0925. The third-order valence-corrected chi connectivity index (χ3v) is 7.69. The number of nitrogens with zero attached hydrogens (tertiary/aromatic N) is 2. The lowest BCUT2D eigenvalue weighted by Crippen LogP contribution is -2.43. The third kappa shape index (κ3) is 9.62. The molecule has 3 rings (SSSR count). The number of amides is 2. The van der Waals surface area contributed by atoms with E-state index in [1.54, 1.807) is 16.7 Å². The van der Waals surface area contributed by atoms with Crippen molar-refractivity contribution in [1.29, 1.82) is 0 Å². The molecule has 212 valence electrons. The fraction of sp³-hybridized carbons (Fsp3) is 0.889. The first-order valence-electron chi connectivity index (χ1n) is 13.6. The van der Waals surface area contributed by atoms with Crippen LogP contribution in [0.3, 0.4) is 0 Å². The number of hydrogen-bond donors (Lipinski definition) is 0. The zero-order valence-corrected chi connectivity index (χ0v) is 24.4. The van der Waals surface area contributed by atoms with E-state index in [0.717, 1.165) is 38.5 Å². The van der Waals surface area contributed by atoms with Crippen LogP contribution >= 0.6 is 11.8 Å². The van der Waals surface area contributed by atoms with Crippen molar-refractivity contribution >= 4 is 29.1 Å². The molecule has 37 heavy (non-hydrogen) atoms. The van der Waals surface area contributed by atoms with E-state index < -0.39 is 11.2 Å². The van der Waals surface area contributed by atoms with Crippen LogP contribution in [0.2, 0.25) is 0 Å². The summed E-state index contributed by atoms with van der Waals surface area (Å²) in [4.78, 5) is 41.5. The molecule has 3 fully saturated rings. The van der Waals surface area contributed by atoms with Crippen LogP contribution in [0, 0.1) is 5.92 Å². The lowest BCUT2D eigenvalue weighted by atomic mass is 9.96. The van der Waals surface area contributed by atoms with Gasteiger partial charge in [0.15, 0.2) is 11.4 Å². The van der Waals surface area contributed by atoms with Crippen LogP contribution in [0.1, 0.15) is 87.0 Å². The average Bonchev–Trinajstić information content (AvgIpc) is 3.34. The van der Waals surface area contributed by atoms with Crippen LogP contribution in [0.5, 0.6) is 0 Å². The zero-order chi connectivity index (χ0) is 27.4. The predicted octanol–water partition coefficient (Wildman–Crippen LogP) is 5.20. The molecule has 0 aliphatic carbocycles. The third-order valence-electron chi connectivity index (χ3n) is 6.68. The van der Waals surface area contributed by atoms with E-state index in [2.05, 4.69) is 0 Å².